The first kappa shape index (κ1) is 20.1. The Morgan fingerprint density at radius 2 is 1.89 bits per heavy atom. The minimum absolute atomic E-state index is 0.124. The van der Waals surface area contributed by atoms with E-state index in [0.717, 1.165) is 10.5 Å². The number of methoxy groups -OCH3 is 2. The van der Waals surface area contributed by atoms with Gasteiger partial charge in [-0.3, -0.25) is 9.59 Å². The number of hydrogen-bond acceptors (Lipinski definition) is 6. The number of ether oxygens (including phenoxy) is 3. The minimum atomic E-state index is -0.496. The van der Waals surface area contributed by atoms with Gasteiger partial charge in [-0.05, 0) is 36.1 Å². The first-order valence-electron chi connectivity index (χ1n) is 8.87. The number of carbonyl (C=O) groups excluding carboxylic acids is 2. The van der Waals surface area contributed by atoms with Crippen LogP contribution in [-0.4, -0.2) is 38.9 Å². The molecule has 0 aliphatic carbocycles. The van der Waals surface area contributed by atoms with Crippen molar-refractivity contribution in [3.63, 3.8) is 0 Å². The lowest BCUT2D eigenvalue weighted by Gasteiger charge is -2.20. The summed E-state index contributed by atoms with van der Waals surface area (Å²) in [5.74, 6) is 0.170. The highest BCUT2D eigenvalue weighted by Gasteiger charge is 2.37. The van der Waals surface area contributed by atoms with Gasteiger partial charge in [0.1, 0.15) is 18.1 Å². The van der Waals surface area contributed by atoms with Gasteiger partial charge in [-0.2, -0.15) is 0 Å². The van der Waals surface area contributed by atoms with Crippen LogP contribution in [0.3, 0.4) is 0 Å². The van der Waals surface area contributed by atoms with E-state index in [1.165, 1.54) is 7.11 Å². The molecule has 0 aromatic heterocycles. The van der Waals surface area contributed by atoms with Gasteiger partial charge >= 0.3 is 5.97 Å². The average molecular weight is 401 g/mol. The fourth-order valence-corrected chi connectivity index (χ4v) is 3.51. The van der Waals surface area contributed by atoms with Crippen LogP contribution in [-0.2, 0) is 20.9 Å². The molecule has 1 aliphatic rings. The monoisotopic (exact) mass is 401 g/mol. The van der Waals surface area contributed by atoms with E-state index in [1.807, 2.05) is 30.5 Å². The van der Waals surface area contributed by atoms with Crippen molar-refractivity contribution in [1.82, 2.24) is 0 Å². The molecule has 1 atom stereocenters. The van der Waals surface area contributed by atoms with E-state index in [1.54, 1.807) is 42.0 Å². The van der Waals surface area contributed by atoms with Crippen LogP contribution in [0.15, 0.2) is 47.4 Å². The van der Waals surface area contributed by atoms with Gasteiger partial charge in [0.25, 0.3) is 0 Å². The van der Waals surface area contributed by atoms with E-state index >= 15 is 0 Å². The van der Waals surface area contributed by atoms with Crippen molar-refractivity contribution in [2.75, 3.05) is 31.9 Å². The van der Waals surface area contributed by atoms with Crippen LogP contribution in [0.2, 0.25) is 0 Å². The standard InChI is InChI=1S/C21H23NO5S/c1-25-16-6-9-18(19(11-16)26-2)22-12-15(10-20(22)23)21(24)27-13-14-4-7-17(28-3)8-5-14/h4-9,11,15H,10,12-13H2,1-3H3/t15-/m1/s1. The predicted molar refractivity (Wildman–Crippen MR) is 108 cm³/mol. The third-order valence-corrected chi connectivity index (χ3v) is 5.42. The minimum Gasteiger partial charge on any atom is -0.497 e. The molecule has 3 rings (SSSR count). The Morgan fingerprint density at radius 3 is 2.54 bits per heavy atom. The Morgan fingerprint density at radius 1 is 1.14 bits per heavy atom. The molecule has 1 aliphatic heterocycles. The van der Waals surface area contributed by atoms with Gasteiger partial charge in [0, 0.05) is 23.9 Å². The average Bonchev–Trinajstić information content (AvgIpc) is 3.13. The number of nitrogens with zero attached hydrogens (tertiary/aromatic N) is 1. The summed E-state index contributed by atoms with van der Waals surface area (Å²) in [6, 6.07) is 13.1. The number of anilines is 1. The lowest BCUT2D eigenvalue weighted by Crippen LogP contribution is -2.26. The molecule has 1 amide bonds. The fourth-order valence-electron chi connectivity index (χ4n) is 3.10. The Bertz CT molecular complexity index is 852. The summed E-state index contributed by atoms with van der Waals surface area (Å²) in [4.78, 5) is 27.7. The topological polar surface area (TPSA) is 65.1 Å². The molecule has 2 aromatic rings. The van der Waals surface area contributed by atoms with E-state index in [4.69, 9.17) is 14.2 Å². The maximum absolute atomic E-state index is 12.5. The summed E-state index contributed by atoms with van der Waals surface area (Å²) in [6.45, 7) is 0.468. The third-order valence-electron chi connectivity index (χ3n) is 4.68. The second-order valence-corrected chi connectivity index (χ2v) is 7.28. The quantitative estimate of drug-likeness (QED) is 0.522. The Balaban J connectivity index is 1.64. The molecular formula is C21H23NO5S. The Kier molecular flexibility index (Phi) is 6.46. The van der Waals surface area contributed by atoms with Crippen LogP contribution in [0, 0.1) is 5.92 Å². The number of hydrogen-bond donors (Lipinski definition) is 0. The fraction of sp³-hybridized carbons (Fsp3) is 0.333. The molecule has 0 N–H and O–H groups in total. The lowest BCUT2D eigenvalue weighted by atomic mass is 10.1. The number of carbonyl (C=O) groups is 2. The summed E-state index contributed by atoms with van der Waals surface area (Å²) in [6.07, 6.45) is 2.13. The number of esters is 1. The molecule has 1 saturated heterocycles. The molecule has 28 heavy (non-hydrogen) atoms. The number of rotatable bonds is 7. The SMILES string of the molecule is COc1ccc(N2C[C@H](C(=O)OCc3ccc(SC)cc3)CC2=O)c(OC)c1. The first-order valence-corrected chi connectivity index (χ1v) is 10.1. The van der Waals surface area contributed by atoms with E-state index in [0.29, 0.717) is 17.2 Å². The smallest absolute Gasteiger partial charge is 0.311 e. The number of thioether (sulfide) groups is 1. The van der Waals surface area contributed by atoms with Crippen LogP contribution >= 0.6 is 11.8 Å². The van der Waals surface area contributed by atoms with Gasteiger partial charge in [-0.1, -0.05) is 12.1 Å². The predicted octanol–water partition coefficient (Wildman–Crippen LogP) is 3.52. The van der Waals surface area contributed by atoms with E-state index in [-0.39, 0.29) is 31.4 Å². The first-order chi connectivity index (χ1) is 13.5. The van der Waals surface area contributed by atoms with Crippen molar-refractivity contribution in [3.8, 4) is 11.5 Å². The highest BCUT2D eigenvalue weighted by molar-refractivity contribution is 7.98. The zero-order chi connectivity index (χ0) is 20.1. The van der Waals surface area contributed by atoms with Gasteiger partial charge in [-0.25, -0.2) is 0 Å². The van der Waals surface area contributed by atoms with Crippen molar-refractivity contribution >= 4 is 29.3 Å². The number of amides is 1. The van der Waals surface area contributed by atoms with Crippen LogP contribution in [0.25, 0.3) is 0 Å². The molecule has 0 radical (unpaired) electrons. The third kappa shape index (κ3) is 4.42. The lowest BCUT2D eigenvalue weighted by molar-refractivity contribution is -0.149. The molecule has 0 spiro atoms. The second-order valence-electron chi connectivity index (χ2n) is 6.40. The largest absolute Gasteiger partial charge is 0.497 e. The molecule has 0 bridgehead atoms. The normalized spacial score (nSPS) is 16.2. The Labute approximate surface area is 168 Å². The summed E-state index contributed by atoms with van der Waals surface area (Å²) in [5, 5.41) is 0. The van der Waals surface area contributed by atoms with Gasteiger partial charge in [0.2, 0.25) is 5.91 Å². The van der Waals surface area contributed by atoms with Crippen LogP contribution in [0.4, 0.5) is 5.69 Å². The number of benzene rings is 2. The summed E-state index contributed by atoms with van der Waals surface area (Å²) in [7, 11) is 3.10. The molecule has 6 nitrogen and oxygen atoms in total. The highest BCUT2D eigenvalue weighted by Crippen LogP contribution is 2.36. The van der Waals surface area contributed by atoms with E-state index in [9.17, 15) is 9.59 Å². The molecular weight excluding hydrogens is 378 g/mol. The van der Waals surface area contributed by atoms with E-state index < -0.39 is 5.92 Å². The summed E-state index contributed by atoms with van der Waals surface area (Å²) >= 11 is 1.66. The second kappa shape index (κ2) is 9.01. The zero-order valence-electron chi connectivity index (χ0n) is 16.1. The molecule has 1 heterocycles. The molecule has 0 unspecified atom stereocenters. The van der Waals surface area contributed by atoms with Crippen LogP contribution in [0.1, 0.15) is 12.0 Å². The Hall–Kier alpha value is -2.67. The molecule has 1 fully saturated rings. The van der Waals surface area contributed by atoms with Crippen molar-refractivity contribution in [1.29, 1.82) is 0 Å². The molecule has 148 valence electrons. The van der Waals surface area contributed by atoms with Crippen molar-refractivity contribution < 1.29 is 23.8 Å². The van der Waals surface area contributed by atoms with Gasteiger partial charge in [0.05, 0.1) is 25.8 Å². The highest BCUT2D eigenvalue weighted by atomic mass is 32.2. The van der Waals surface area contributed by atoms with Crippen molar-refractivity contribution in [3.05, 3.63) is 48.0 Å². The molecule has 0 saturated carbocycles. The zero-order valence-corrected chi connectivity index (χ0v) is 17.0. The van der Waals surface area contributed by atoms with Gasteiger partial charge in [0.15, 0.2) is 0 Å². The maximum atomic E-state index is 12.5. The maximum Gasteiger partial charge on any atom is 0.311 e. The van der Waals surface area contributed by atoms with E-state index in [2.05, 4.69) is 0 Å². The molecule has 2 aromatic carbocycles. The summed E-state index contributed by atoms with van der Waals surface area (Å²) in [5.41, 5.74) is 1.54. The molecule has 7 heteroatoms. The van der Waals surface area contributed by atoms with Gasteiger partial charge < -0.3 is 19.1 Å². The van der Waals surface area contributed by atoms with Crippen molar-refractivity contribution in [2.45, 2.75) is 17.9 Å². The van der Waals surface area contributed by atoms with Crippen LogP contribution < -0.4 is 14.4 Å². The summed E-state index contributed by atoms with van der Waals surface area (Å²) < 4.78 is 16.0. The van der Waals surface area contributed by atoms with Gasteiger partial charge in [-0.15, -0.1) is 11.8 Å². The van der Waals surface area contributed by atoms with Crippen molar-refractivity contribution in [2.24, 2.45) is 5.92 Å². The van der Waals surface area contributed by atoms with Crippen LogP contribution in [0.5, 0.6) is 11.5 Å².